The van der Waals surface area contributed by atoms with E-state index in [0.717, 1.165) is 19.1 Å². The molecule has 0 radical (unpaired) electrons. The monoisotopic (exact) mass is 173 g/mol. The first kappa shape index (κ1) is 9.47. The van der Waals surface area contributed by atoms with Gasteiger partial charge in [0.2, 0.25) is 6.54 Å². The van der Waals surface area contributed by atoms with Gasteiger partial charge < -0.3 is 4.85 Å². The molecule has 66 valence electrons. The molecule has 0 aliphatic carbocycles. The maximum Gasteiger partial charge on any atom is 0.215 e. The number of hydrogen-bond acceptors (Lipinski definition) is 1. The van der Waals surface area contributed by atoms with E-state index in [1.54, 1.807) is 12.1 Å². The molecule has 0 spiro atoms. The summed E-state index contributed by atoms with van der Waals surface area (Å²) in [5, 5.41) is 0. The van der Waals surface area contributed by atoms with Gasteiger partial charge in [0.25, 0.3) is 0 Å². The number of aldehydes is 1. The van der Waals surface area contributed by atoms with Gasteiger partial charge in [-0.2, -0.15) is 0 Å². The van der Waals surface area contributed by atoms with Crippen molar-refractivity contribution in [3.05, 3.63) is 46.8 Å². The Morgan fingerprint density at radius 2 is 2.00 bits per heavy atom. The van der Waals surface area contributed by atoms with Crippen LogP contribution in [0, 0.1) is 6.57 Å². The summed E-state index contributed by atoms with van der Waals surface area (Å²) in [7, 11) is 0. The molecular formula is C11H11NO. The molecule has 2 heteroatoms. The number of carbonyl (C=O) groups is 1. The van der Waals surface area contributed by atoms with E-state index in [4.69, 9.17) is 6.57 Å². The predicted molar refractivity (Wildman–Crippen MR) is 51.6 cm³/mol. The maximum atomic E-state index is 10.3. The van der Waals surface area contributed by atoms with Crippen LogP contribution in [0.15, 0.2) is 24.3 Å². The summed E-state index contributed by atoms with van der Waals surface area (Å²) in [4.78, 5) is 13.6. The van der Waals surface area contributed by atoms with E-state index in [0.29, 0.717) is 12.1 Å². The summed E-state index contributed by atoms with van der Waals surface area (Å²) in [5.41, 5.74) is 1.89. The Kier molecular flexibility index (Phi) is 3.72. The van der Waals surface area contributed by atoms with Crippen LogP contribution in [-0.4, -0.2) is 12.8 Å². The average Bonchev–Trinajstić information content (AvgIpc) is 2.19. The second-order valence-electron chi connectivity index (χ2n) is 2.84. The van der Waals surface area contributed by atoms with Crippen molar-refractivity contribution in [3.63, 3.8) is 0 Å². The maximum absolute atomic E-state index is 10.3. The van der Waals surface area contributed by atoms with E-state index in [1.807, 2.05) is 12.1 Å². The molecule has 0 N–H and O–H groups in total. The molecule has 0 atom stereocenters. The van der Waals surface area contributed by atoms with Gasteiger partial charge in [-0.15, -0.1) is 0 Å². The zero-order valence-electron chi connectivity index (χ0n) is 7.36. The van der Waals surface area contributed by atoms with Gasteiger partial charge in [-0.05, 0) is 12.0 Å². The van der Waals surface area contributed by atoms with Gasteiger partial charge in [0.05, 0.1) is 0 Å². The Balaban J connectivity index is 2.50. The van der Waals surface area contributed by atoms with Crippen LogP contribution in [0.5, 0.6) is 0 Å². The van der Waals surface area contributed by atoms with E-state index < -0.39 is 0 Å². The van der Waals surface area contributed by atoms with Crippen molar-refractivity contribution < 1.29 is 4.79 Å². The van der Waals surface area contributed by atoms with Gasteiger partial charge in [-0.3, -0.25) is 4.79 Å². The van der Waals surface area contributed by atoms with Crippen molar-refractivity contribution in [2.45, 2.75) is 12.8 Å². The van der Waals surface area contributed by atoms with E-state index in [9.17, 15) is 4.79 Å². The Morgan fingerprint density at radius 1 is 1.31 bits per heavy atom. The fourth-order valence-corrected chi connectivity index (χ4v) is 1.13. The first-order valence-corrected chi connectivity index (χ1v) is 4.24. The molecule has 0 fully saturated rings. The SMILES string of the molecule is [C-]#[N+]CCCc1ccc(C=O)cc1. The minimum Gasteiger partial charge on any atom is -0.317 e. The van der Waals surface area contributed by atoms with E-state index in [2.05, 4.69) is 4.85 Å². The lowest BCUT2D eigenvalue weighted by atomic mass is 10.1. The normalized spacial score (nSPS) is 9.15. The first-order valence-electron chi connectivity index (χ1n) is 4.24. The molecule has 0 amide bonds. The minimum atomic E-state index is 0.579. The summed E-state index contributed by atoms with van der Waals surface area (Å²) < 4.78 is 0. The highest BCUT2D eigenvalue weighted by atomic mass is 16.1. The highest BCUT2D eigenvalue weighted by Gasteiger charge is 1.94. The topological polar surface area (TPSA) is 21.4 Å². The average molecular weight is 173 g/mol. The number of benzene rings is 1. The molecule has 13 heavy (non-hydrogen) atoms. The molecule has 0 aliphatic heterocycles. The Morgan fingerprint density at radius 3 is 2.54 bits per heavy atom. The molecule has 0 bridgehead atoms. The smallest absolute Gasteiger partial charge is 0.215 e. The van der Waals surface area contributed by atoms with Crippen LogP contribution in [-0.2, 0) is 6.42 Å². The summed E-state index contributed by atoms with van der Waals surface area (Å²) in [6, 6.07) is 7.49. The Labute approximate surface area is 78.0 Å². The van der Waals surface area contributed by atoms with Crippen molar-refractivity contribution >= 4 is 6.29 Å². The number of rotatable bonds is 4. The van der Waals surface area contributed by atoms with Crippen LogP contribution < -0.4 is 0 Å². The second kappa shape index (κ2) is 5.10. The van der Waals surface area contributed by atoms with Crippen molar-refractivity contribution in [3.8, 4) is 0 Å². The standard InChI is InChI=1S/C11H11NO/c1-12-8-2-3-10-4-6-11(9-13)7-5-10/h4-7,9H,2-3,8H2. The third kappa shape index (κ3) is 3.08. The molecule has 0 unspecified atom stereocenters. The molecule has 2 nitrogen and oxygen atoms in total. The van der Waals surface area contributed by atoms with Crippen molar-refractivity contribution in [1.82, 2.24) is 0 Å². The number of aryl methyl sites for hydroxylation is 1. The lowest BCUT2D eigenvalue weighted by Crippen LogP contribution is -1.88. The molecule has 1 aromatic rings. The number of hydrogen-bond donors (Lipinski definition) is 0. The van der Waals surface area contributed by atoms with Crippen LogP contribution >= 0.6 is 0 Å². The molecule has 1 rings (SSSR count). The van der Waals surface area contributed by atoms with Gasteiger partial charge in [0.1, 0.15) is 6.29 Å². The fraction of sp³-hybridized carbons (Fsp3) is 0.273. The predicted octanol–water partition coefficient (Wildman–Crippen LogP) is 2.35. The van der Waals surface area contributed by atoms with Crippen LogP contribution in [0.3, 0.4) is 0 Å². The van der Waals surface area contributed by atoms with E-state index in [1.165, 1.54) is 5.56 Å². The molecule has 0 aliphatic rings. The van der Waals surface area contributed by atoms with Gasteiger partial charge in [0.15, 0.2) is 0 Å². The largest absolute Gasteiger partial charge is 0.317 e. The zero-order chi connectivity index (χ0) is 9.52. The minimum absolute atomic E-state index is 0.579. The lowest BCUT2D eigenvalue weighted by molar-refractivity contribution is 0.112. The highest BCUT2D eigenvalue weighted by Crippen LogP contribution is 2.05. The summed E-state index contributed by atoms with van der Waals surface area (Å²) in [5.74, 6) is 0. The third-order valence-corrected chi connectivity index (χ3v) is 1.85. The zero-order valence-corrected chi connectivity index (χ0v) is 7.36. The highest BCUT2D eigenvalue weighted by molar-refractivity contribution is 5.74. The summed E-state index contributed by atoms with van der Waals surface area (Å²) in [6.45, 7) is 7.19. The van der Waals surface area contributed by atoms with Gasteiger partial charge in [-0.1, -0.05) is 24.3 Å². The van der Waals surface area contributed by atoms with Crippen LogP contribution in [0.1, 0.15) is 22.3 Å². The quantitative estimate of drug-likeness (QED) is 0.389. The Bertz CT molecular complexity index is 308. The van der Waals surface area contributed by atoms with Crippen LogP contribution in [0.4, 0.5) is 0 Å². The summed E-state index contributed by atoms with van der Waals surface area (Å²) in [6.07, 6.45) is 2.65. The van der Waals surface area contributed by atoms with Crippen molar-refractivity contribution in [2.24, 2.45) is 0 Å². The molecule has 0 heterocycles. The Hall–Kier alpha value is -1.62. The van der Waals surface area contributed by atoms with Crippen LogP contribution in [0.2, 0.25) is 0 Å². The fourth-order valence-electron chi connectivity index (χ4n) is 1.13. The first-order chi connectivity index (χ1) is 6.36. The number of carbonyl (C=O) groups excluding carboxylic acids is 1. The van der Waals surface area contributed by atoms with Crippen LogP contribution in [0.25, 0.3) is 4.85 Å². The lowest BCUT2D eigenvalue weighted by Gasteiger charge is -1.97. The molecule has 1 aromatic carbocycles. The molecule has 0 aromatic heterocycles. The third-order valence-electron chi connectivity index (χ3n) is 1.85. The van der Waals surface area contributed by atoms with Crippen molar-refractivity contribution in [2.75, 3.05) is 6.54 Å². The van der Waals surface area contributed by atoms with E-state index >= 15 is 0 Å². The van der Waals surface area contributed by atoms with E-state index in [-0.39, 0.29) is 0 Å². The second-order valence-corrected chi connectivity index (χ2v) is 2.84. The molecule has 0 saturated carbocycles. The molecule has 0 saturated heterocycles. The van der Waals surface area contributed by atoms with Gasteiger partial charge >= 0.3 is 0 Å². The van der Waals surface area contributed by atoms with Gasteiger partial charge in [0, 0.05) is 12.0 Å². The van der Waals surface area contributed by atoms with Crippen molar-refractivity contribution in [1.29, 1.82) is 0 Å². The summed E-state index contributed by atoms with van der Waals surface area (Å²) >= 11 is 0. The molecular weight excluding hydrogens is 162 g/mol. The van der Waals surface area contributed by atoms with Gasteiger partial charge in [-0.25, -0.2) is 6.57 Å². The number of nitrogens with zero attached hydrogens (tertiary/aromatic N) is 1.